The molecule has 1 N–H and O–H groups in total. The lowest BCUT2D eigenvalue weighted by atomic mass is 9.80. The van der Waals surface area contributed by atoms with Gasteiger partial charge in [0.15, 0.2) is 0 Å². The van der Waals surface area contributed by atoms with Gasteiger partial charge in [0.05, 0.1) is 12.7 Å². The summed E-state index contributed by atoms with van der Waals surface area (Å²) in [6, 6.07) is 10.9. The average molecular weight is 331 g/mol. The molecule has 0 aromatic heterocycles. The Hall–Kier alpha value is -1.39. The summed E-state index contributed by atoms with van der Waals surface area (Å²) in [6.45, 7) is 2.06. The van der Waals surface area contributed by atoms with Crippen LogP contribution in [0.5, 0.6) is 0 Å². The first-order chi connectivity index (χ1) is 11.8. The number of amides is 1. The van der Waals surface area contributed by atoms with E-state index in [1.54, 1.807) is 0 Å². The van der Waals surface area contributed by atoms with Crippen LogP contribution in [0.2, 0.25) is 0 Å². The van der Waals surface area contributed by atoms with Gasteiger partial charge in [-0.15, -0.1) is 0 Å². The molecule has 1 saturated heterocycles. The number of carbonyl (C=O) groups is 1. The molecular formula is C20H29NO3. The minimum absolute atomic E-state index is 0.120. The molecule has 2 atom stereocenters. The largest absolute Gasteiger partial charge is 0.381 e. The van der Waals surface area contributed by atoms with Gasteiger partial charge < -0.3 is 14.8 Å². The number of carbonyl (C=O) groups excluding carboxylic acids is 1. The van der Waals surface area contributed by atoms with Crippen LogP contribution in [0, 0.1) is 0 Å². The van der Waals surface area contributed by atoms with E-state index in [1.165, 1.54) is 18.4 Å². The second-order valence-corrected chi connectivity index (χ2v) is 6.91. The van der Waals surface area contributed by atoms with E-state index < -0.39 is 0 Å². The van der Waals surface area contributed by atoms with Gasteiger partial charge >= 0.3 is 0 Å². The van der Waals surface area contributed by atoms with E-state index in [2.05, 4.69) is 29.6 Å². The second-order valence-electron chi connectivity index (χ2n) is 6.91. The molecule has 1 aliphatic heterocycles. The smallest absolute Gasteiger partial charge is 0.222 e. The molecule has 2 fully saturated rings. The average Bonchev–Trinajstić information content (AvgIpc) is 2.64. The third-order valence-electron chi connectivity index (χ3n) is 5.19. The lowest BCUT2D eigenvalue weighted by molar-refractivity contribution is -0.124. The van der Waals surface area contributed by atoms with Crippen molar-refractivity contribution >= 4 is 5.91 Å². The number of benzene rings is 1. The van der Waals surface area contributed by atoms with Crippen LogP contribution in [0.4, 0.5) is 0 Å². The van der Waals surface area contributed by atoms with Crippen LogP contribution in [0.25, 0.3) is 0 Å². The number of ether oxygens (including phenoxy) is 2. The zero-order valence-corrected chi connectivity index (χ0v) is 14.4. The second kappa shape index (κ2) is 9.19. The fourth-order valence-corrected chi connectivity index (χ4v) is 3.84. The molecule has 1 amide bonds. The van der Waals surface area contributed by atoms with Crippen molar-refractivity contribution in [1.82, 2.24) is 5.32 Å². The lowest BCUT2D eigenvalue weighted by Crippen LogP contribution is -2.41. The summed E-state index contributed by atoms with van der Waals surface area (Å²) in [7, 11) is 0. The summed E-state index contributed by atoms with van der Waals surface area (Å²) < 4.78 is 11.1. The van der Waals surface area contributed by atoms with Crippen LogP contribution in [0.1, 0.15) is 56.4 Å². The van der Waals surface area contributed by atoms with Crippen molar-refractivity contribution in [3.05, 3.63) is 35.9 Å². The number of rotatable bonds is 6. The summed E-state index contributed by atoms with van der Waals surface area (Å²) in [6.07, 6.45) is 7.29. The van der Waals surface area contributed by atoms with E-state index in [4.69, 9.17) is 9.47 Å². The van der Waals surface area contributed by atoms with Crippen molar-refractivity contribution in [2.24, 2.45) is 0 Å². The van der Waals surface area contributed by atoms with Crippen LogP contribution in [-0.2, 0) is 14.3 Å². The molecule has 1 aromatic rings. The Morgan fingerprint density at radius 1 is 1.08 bits per heavy atom. The van der Waals surface area contributed by atoms with Crippen molar-refractivity contribution in [3.8, 4) is 0 Å². The summed E-state index contributed by atoms with van der Waals surface area (Å²) in [4.78, 5) is 12.3. The van der Waals surface area contributed by atoms with Crippen molar-refractivity contribution < 1.29 is 14.3 Å². The normalized spacial score (nSPS) is 25.3. The van der Waals surface area contributed by atoms with E-state index in [1.807, 2.05) is 6.07 Å². The molecule has 1 aromatic carbocycles. The Morgan fingerprint density at radius 2 is 1.83 bits per heavy atom. The monoisotopic (exact) mass is 331 g/mol. The highest BCUT2D eigenvalue weighted by Crippen LogP contribution is 2.33. The molecule has 1 saturated carbocycles. The van der Waals surface area contributed by atoms with Crippen molar-refractivity contribution in [2.45, 2.75) is 63.0 Å². The minimum atomic E-state index is 0.120. The molecule has 1 aliphatic carbocycles. The Balaban J connectivity index is 1.45. The van der Waals surface area contributed by atoms with Crippen molar-refractivity contribution in [3.63, 3.8) is 0 Å². The standard InChI is InChI=1S/C20H29NO3/c22-20(12-15-24-17-10-13-23-14-11-17)21-19-9-5-4-8-18(19)16-6-2-1-3-7-16/h1-3,6-7,17-19H,4-5,8-15H2,(H,21,22)/t18-,19+/m1/s1. The third-order valence-corrected chi connectivity index (χ3v) is 5.19. The number of hydrogen-bond donors (Lipinski definition) is 1. The summed E-state index contributed by atoms with van der Waals surface area (Å²) in [5.41, 5.74) is 1.35. The lowest BCUT2D eigenvalue weighted by Gasteiger charge is -2.32. The van der Waals surface area contributed by atoms with Crippen molar-refractivity contribution in [1.29, 1.82) is 0 Å². The van der Waals surface area contributed by atoms with Crippen LogP contribution in [0.3, 0.4) is 0 Å². The minimum Gasteiger partial charge on any atom is -0.381 e. The fraction of sp³-hybridized carbons (Fsp3) is 0.650. The summed E-state index contributed by atoms with van der Waals surface area (Å²) >= 11 is 0. The first kappa shape index (κ1) is 17.4. The molecule has 4 nitrogen and oxygen atoms in total. The van der Waals surface area contributed by atoms with Gasteiger partial charge in [-0.3, -0.25) is 4.79 Å². The maximum absolute atomic E-state index is 12.3. The Bertz CT molecular complexity index is 499. The molecule has 4 heteroatoms. The molecule has 0 unspecified atom stereocenters. The summed E-state index contributed by atoms with van der Waals surface area (Å²) in [5.74, 6) is 0.565. The Labute approximate surface area is 144 Å². The first-order valence-electron chi connectivity index (χ1n) is 9.36. The summed E-state index contributed by atoms with van der Waals surface area (Å²) in [5, 5.41) is 3.26. The molecule has 24 heavy (non-hydrogen) atoms. The van der Waals surface area contributed by atoms with Crippen LogP contribution in [0.15, 0.2) is 30.3 Å². The maximum Gasteiger partial charge on any atom is 0.222 e. The predicted octanol–water partition coefficient (Wildman–Crippen LogP) is 3.41. The van der Waals surface area contributed by atoms with Gasteiger partial charge in [0.25, 0.3) is 0 Å². The van der Waals surface area contributed by atoms with Crippen molar-refractivity contribution in [2.75, 3.05) is 19.8 Å². The van der Waals surface area contributed by atoms with Crippen LogP contribution < -0.4 is 5.32 Å². The van der Waals surface area contributed by atoms with Gasteiger partial charge in [-0.2, -0.15) is 0 Å². The molecule has 0 radical (unpaired) electrons. The van der Waals surface area contributed by atoms with E-state index in [9.17, 15) is 4.79 Å². The van der Waals surface area contributed by atoms with Gasteiger partial charge in [-0.1, -0.05) is 43.2 Å². The van der Waals surface area contributed by atoms with Gasteiger partial charge in [0.2, 0.25) is 5.91 Å². The maximum atomic E-state index is 12.3. The highest BCUT2D eigenvalue weighted by Gasteiger charge is 2.27. The highest BCUT2D eigenvalue weighted by molar-refractivity contribution is 5.76. The SMILES string of the molecule is O=C(CCOC1CCOCC1)N[C@H]1CCCC[C@@H]1c1ccccc1. The quantitative estimate of drug-likeness (QED) is 0.869. The number of hydrogen-bond acceptors (Lipinski definition) is 3. The molecule has 2 aliphatic rings. The van der Waals surface area contributed by atoms with E-state index >= 15 is 0 Å². The third kappa shape index (κ3) is 5.05. The zero-order valence-electron chi connectivity index (χ0n) is 14.4. The Kier molecular flexibility index (Phi) is 6.67. The topological polar surface area (TPSA) is 47.6 Å². The van der Waals surface area contributed by atoms with E-state index in [0.29, 0.717) is 18.9 Å². The molecule has 0 spiro atoms. The molecule has 132 valence electrons. The molecule has 0 bridgehead atoms. The van der Waals surface area contributed by atoms with Gasteiger partial charge in [-0.05, 0) is 31.2 Å². The van der Waals surface area contributed by atoms with Crippen LogP contribution >= 0.6 is 0 Å². The molecule has 1 heterocycles. The molecular weight excluding hydrogens is 302 g/mol. The molecule has 3 rings (SSSR count). The van der Waals surface area contributed by atoms with Gasteiger partial charge in [-0.25, -0.2) is 0 Å². The fourth-order valence-electron chi connectivity index (χ4n) is 3.84. The zero-order chi connectivity index (χ0) is 16.6. The first-order valence-corrected chi connectivity index (χ1v) is 9.36. The Morgan fingerprint density at radius 3 is 2.62 bits per heavy atom. The van der Waals surface area contributed by atoms with E-state index in [0.717, 1.165) is 38.9 Å². The highest BCUT2D eigenvalue weighted by atomic mass is 16.5. The predicted molar refractivity (Wildman–Crippen MR) is 94.0 cm³/mol. The van der Waals surface area contributed by atoms with Gasteiger partial charge in [0, 0.05) is 31.6 Å². The number of nitrogens with one attached hydrogen (secondary N) is 1. The van der Waals surface area contributed by atoms with Crippen LogP contribution in [-0.4, -0.2) is 37.9 Å². The van der Waals surface area contributed by atoms with Gasteiger partial charge in [0.1, 0.15) is 0 Å². The van der Waals surface area contributed by atoms with E-state index in [-0.39, 0.29) is 18.1 Å².